The standard InChI is InChI=1S/C11H9F3IN3/c12-11(13,14)8-3-1-2-7(4-8)5-9-16-10(6-15)18-17-9/h1-4H,5-6H2,(H,16,17,18). The molecule has 1 aromatic carbocycles. The van der Waals surface area contributed by atoms with E-state index in [9.17, 15) is 13.2 Å². The molecular formula is C11H9F3IN3. The average molecular weight is 367 g/mol. The third-order valence-corrected chi connectivity index (χ3v) is 3.05. The van der Waals surface area contributed by atoms with Crippen LogP contribution in [0.15, 0.2) is 24.3 Å². The highest BCUT2D eigenvalue weighted by molar-refractivity contribution is 14.1. The number of nitrogens with one attached hydrogen (secondary N) is 1. The van der Waals surface area contributed by atoms with Gasteiger partial charge in [0.1, 0.15) is 11.6 Å². The number of benzene rings is 1. The summed E-state index contributed by atoms with van der Waals surface area (Å²) in [6.45, 7) is 0. The van der Waals surface area contributed by atoms with Gasteiger partial charge in [-0.3, -0.25) is 0 Å². The quantitative estimate of drug-likeness (QED) is 0.668. The van der Waals surface area contributed by atoms with Crippen LogP contribution in [0, 0.1) is 0 Å². The molecule has 2 aromatic rings. The molecule has 0 atom stereocenters. The van der Waals surface area contributed by atoms with Crippen LogP contribution in [-0.2, 0) is 17.0 Å². The third kappa shape index (κ3) is 3.21. The highest BCUT2D eigenvalue weighted by atomic mass is 127. The predicted octanol–water partition coefficient (Wildman–Crippen LogP) is 3.35. The second-order valence-corrected chi connectivity index (χ2v) is 4.49. The molecule has 0 saturated carbocycles. The minimum Gasteiger partial charge on any atom is -0.328 e. The zero-order valence-corrected chi connectivity index (χ0v) is 11.3. The van der Waals surface area contributed by atoms with E-state index < -0.39 is 11.7 Å². The largest absolute Gasteiger partial charge is 0.416 e. The fraction of sp³-hybridized carbons (Fsp3) is 0.273. The van der Waals surface area contributed by atoms with Crippen LogP contribution in [0.25, 0.3) is 0 Å². The summed E-state index contributed by atoms with van der Waals surface area (Å²) >= 11 is 2.13. The Balaban J connectivity index is 2.19. The maximum Gasteiger partial charge on any atom is 0.416 e. The minimum absolute atomic E-state index is 0.313. The summed E-state index contributed by atoms with van der Waals surface area (Å²) in [5.74, 6) is 1.29. The van der Waals surface area contributed by atoms with Crippen molar-refractivity contribution in [2.45, 2.75) is 17.0 Å². The molecule has 0 bridgehead atoms. The SMILES string of the molecule is FC(F)(F)c1cccc(Cc2nnc(CI)[nH]2)c1. The summed E-state index contributed by atoms with van der Waals surface area (Å²) in [5, 5.41) is 7.75. The molecule has 96 valence electrons. The van der Waals surface area contributed by atoms with E-state index in [2.05, 4.69) is 37.8 Å². The van der Waals surface area contributed by atoms with Crippen molar-refractivity contribution in [1.29, 1.82) is 0 Å². The summed E-state index contributed by atoms with van der Waals surface area (Å²) in [6.07, 6.45) is -4.00. The third-order valence-electron chi connectivity index (χ3n) is 2.33. The fourth-order valence-electron chi connectivity index (χ4n) is 1.53. The Bertz CT molecular complexity index is 536. The Morgan fingerprint density at radius 1 is 1.17 bits per heavy atom. The number of rotatable bonds is 3. The van der Waals surface area contributed by atoms with E-state index in [4.69, 9.17) is 0 Å². The van der Waals surface area contributed by atoms with E-state index in [1.54, 1.807) is 6.07 Å². The Morgan fingerprint density at radius 2 is 1.89 bits per heavy atom. The highest BCUT2D eigenvalue weighted by Gasteiger charge is 2.30. The van der Waals surface area contributed by atoms with Crippen molar-refractivity contribution in [2.24, 2.45) is 0 Å². The Hall–Kier alpha value is -1.12. The number of aromatic nitrogens is 3. The van der Waals surface area contributed by atoms with Crippen molar-refractivity contribution in [3.05, 3.63) is 47.0 Å². The number of H-pyrrole nitrogens is 1. The maximum absolute atomic E-state index is 12.5. The summed E-state index contributed by atoms with van der Waals surface area (Å²) in [7, 11) is 0. The van der Waals surface area contributed by atoms with E-state index in [-0.39, 0.29) is 0 Å². The summed E-state index contributed by atoms with van der Waals surface area (Å²) in [6, 6.07) is 5.22. The smallest absolute Gasteiger partial charge is 0.328 e. The number of alkyl halides is 4. The molecule has 7 heteroatoms. The number of halogens is 4. The molecule has 0 radical (unpaired) electrons. The molecule has 0 aliphatic heterocycles. The first-order valence-corrected chi connectivity index (χ1v) is 6.64. The molecule has 0 amide bonds. The van der Waals surface area contributed by atoms with Crippen LogP contribution in [-0.4, -0.2) is 15.2 Å². The van der Waals surface area contributed by atoms with E-state index in [0.717, 1.165) is 18.0 Å². The molecular weight excluding hydrogens is 358 g/mol. The first kappa shape index (κ1) is 13.3. The second-order valence-electron chi connectivity index (χ2n) is 3.73. The molecule has 1 heterocycles. The van der Waals surface area contributed by atoms with Crippen molar-refractivity contribution in [3.8, 4) is 0 Å². The molecule has 3 nitrogen and oxygen atoms in total. The lowest BCUT2D eigenvalue weighted by atomic mass is 10.1. The van der Waals surface area contributed by atoms with Gasteiger partial charge in [-0.2, -0.15) is 13.2 Å². The Morgan fingerprint density at radius 3 is 2.50 bits per heavy atom. The van der Waals surface area contributed by atoms with E-state index in [1.165, 1.54) is 6.07 Å². The molecule has 2 rings (SSSR count). The van der Waals surface area contributed by atoms with Gasteiger partial charge >= 0.3 is 6.18 Å². The number of aromatic amines is 1. The van der Waals surface area contributed by atoms with Gasteiger partial charge in [-0.1, -0.05) is 40.8 Å². The maximum atomic E-state index is 12.5. The van der Waals surface area contributed by atoms with Crippen LogP contribution >= 0.6 is 22.6 Å². The highest BCUT2D eigenvalue weighted by Crippen LogP contribution is 2.29. The molecule has 0 spiro atoms. The van der Waals surface area contributed by atoms with Crippen molar-refractivity contribution >= 4 is 22.6 Å². The van der Waals surface area contributed by atoms with E-state index >= 15 is 0 Å². The molecule has 1 N–H and O–H groups in total. The van der Waals surface area contributed by atoms with Gasteiger partial charge in [-0.15, -0.1) is 10.2 Å². The van der Waals surface area contributed by atoms with Crippen molar-refractivity contribution < 1.29 is 13.2 Å². The lowest BCUT2D eigenvalue weighted by Crippen LogP contribution is -2.05. The van der Waals surface area contributed by atoms with Gasteiger partial charge in [-0.05, 0) is 11.6 Å². The molecule has 0 aliphatic carbocycles. The molecule has 18 heavy (non-hydrogen) atoms. The zero-order chi connectivity index (χ0) is 13.2. The molecule has 0 saturated heterocycles. The van der Waals surface area contributed by atoms with Crippen LogP contribution in [0.3, 0.4) is 0 Å². The van der Waals surface area contributed by atoms with Crippen molar-refractivity contribution in [3.63, 3.8) is 0 Å². The van der Waals surface area contributed by atoms with Gasteiger partial charge < -0.3 is 4.98 Å². The van der Waals surface area contributed by atoms with Crippen molar-refractivity contribution in [1.82, 2.24) is 15.2 Å². The second kappa shape index (κ2) is 5.25. The lowest BCUT2D eigenvalue weighted by molar-refractivity contribution is -0.137. The Labute approximate surface area is 115 Å². The predicted molar refractivity (Wildman–Crippen MR) is 68.4 cm³/mol. The molecule has 0 unspecified atom stereocenters. The van der Waals surface area contributed by atoms with Gasteiger partial charge in [-0.25, -0.2) is 0 Å². The summed E-state index contributed by atoms with van der Waals surface area (Å²) in [4.78, 5) is 2.96. The van der Waals surface area contributed by atoms with Crippen LogP contribution in [0.2, 0.25) is 0 Å². The fourth-order valence-corrected chi connectivity index (χ4v) is 1.87. The zero-order valence-electron chi connectivity index (χ0n) is 9.13. The minimum atomic E-state index is -4.31. The van der Waals surface area contributed by atoms with Gasteiger partial charge in [0.05, 0.1) is 9.99 Å². The Kier molecular flexibility index (Phi) is 3.88. The van der Waals surface area contributed by atoms with Gasteiger partial charge in [0.2, 0.25) is 0 Å². The normalized spacial score (nSPS) is 11.8. The first-order valence-electron chi connectivity index (χ1n) is 5.11. The number of hydrogen-bond donors (Lipinski definition) is 1. The van der Waals surface area contributed by atoms with Crippen LogP contribution in [0.5, 0.6) is 0 Å². The van der Waals surface area contributed by atoms with Crippen LogP contribution in [0.1, 0.15) is 22.8 Å². The van der Waals surface area contributed by atoms with Crippen LogP contribution in [0.4, 0.5) is 13.2 Å². The molecule has 0 aliphatic rings. The monoisotopic (exact) mass is 367 g/mol. The van der Waals surface area contributed by atoms with Crippen LogP contribution < -0.4 is 0 Å². The number of hydrogen-bond acceptors (Lipinski definition) is 2. The summed E-state index contributed by atoms with van der Waals surface area (Å²) < 4.78 is 38.3. The molecule has 1 aromatic heterocycles. The van der Waals surface area contributed by atoms with Gasteiger partial charge in [0.25, 0.3) is 0 Å². The average Bonchev–Trinajstić information content (AvgIpc) is 2.76. The lowest BCUT2D eigenvalue weighted by Gasteiger charge is -2.07. The number of nitrogens with zero attached hydrogens (tertiary/aromatic N) is 2. The topological polar surface area (TPSA) is 41.6 Å². The summed E-state index contributed by atoms with van der Waals surface area (Å²) in [5.41, 5.74) is -0.0883. The molecule has 0 fully saturated rings. The van der Waals surface area contributed by atoms with Gasteiger partial charge in [0, 0.05) is 6.42 Å². The van der Waals surface area contributed by atoms with Gasteiger partial charge in [0.15, 0.2) is 0 Å². The van der Waals surface area contributed by atoms with E-state index in [0.29, 0.717) is 22.2 Å². The first-order chi connectivity index (χ1) is 8.49. The van der Waals surface area contributed by atoms with Crippen molar-refractivity contribution in [2.75, 3.05) is 0 Å². The van der Waals surface area contributed by atoms with E-state index in [1.807, 2.05) is 0 Å².